The summed E-state index contributed by atoms with van der Waals surface area (Å²) in [5, 5.41) is 10.00. The quantitative estimate of drug-likeness (QED) is 0.693. The third-order valence-corrected chi connectivity index (χ3v) is 4.57. The molecule has 0 radical (unpaired) electrons. The predicted octanol–water partition coefficient (Wildman–Crippen LogP) is 4.83. The first-order chi connectivity index (χ1) is 13.6. The molecule has 0 aliphatic rings. The standard InChI is InChI=1S/C22H27ClFNO4/c1-22(2,3)29-21(27)25(13-15-8-10-18(28-4)11-9-15)17(14-26)12-16-6-5-7-19(23)20(16)24/h5-11,17,26H,12-14H2,1-4H3. The van der Waals surface area contributed by atoms with Crippen LogP contribution in [0, 0.1) is 5.82 Å². The van der Waals surface area contributed by atoms with Crippen LogP contribution in [0.1, 0.15) is 31.9 Å². The number of amides is 1. The van der Waals surface area contributed by atoms with Crippen LogP contribution in [0.25, 0.3) is 0 Å². The van der Waals surface area contributed by atoms with Crippen LogP contribution in [-0.2, 0) is 17.7 Å². The van der Waals surface area contributed by atoms with Crippen molar-refractivity contribution in [3.05, 3.63) is 64.4 Å². The highest BCUT2D eigenvalue weighted by Crippen LogP contribution is 2.23. The maximum Gasteiger partial charge on any atom is 0.410 e. The van der Waals surface area contributed by atoms with Gasteiger partial charge in [-0.3, -0.25) is 4.90 Å². The maximum absolute atomic E-state index is 14.4. The number of carbonyl (C=O) groups excluding carboxylic acids is 1. The molecular weight excluding hydrogens is 397 g/mol. The second-order valence-corrected chi connectivity index (χ2v) is 8.12. The monoisotopic (exact) mass is 423 g/mol. The number of benzene rings is 2. The second kappa shape index (κ2) is 9.94. The Bertz CT molecular complexity index is 821. The van der Waals surface area contributed by atoms with E-state index in [4.69, 9.17) is 21.1 Å². The highest BCUT2D eigenvalue weighted by Gasteiger charge is 2.29. The Morgan fingerprint density at radius 3 is 2.41 bits per heavy atom. The van der Waals surface area contributed by atoms with E-state index in [0.29, 0.717) is 11.3 Å². The largest absolute Gasteiger partial charge is 0.497 e. The minimum atomic E-state index is -0.712. The van der Waals surface area contributed by atoms with E-state index >= 15 is 0 Å². The number of hydrogen-bond donors (Lipinski definition) is 1. The van der Waals surface area contributed by atoms with Crippen molar-refractivity contribution in [3.63, 3.8) is 0 Å². The van der Waals surface area contributed by atoms with Crippen LogP contribution < -0.4 is 4.74 Å². The minimum absolute atomic E-state index is 0.00170. The smallest absolute Gasteiger partial charge is 0.410 e. The zero-order valence-electron chi connectivity index (χ0n) is 17.1. The van der Waals surface area contributed by atoms with Gasteiger partial charge in [0.05, 0.1) is 24.8 Å². The van der Waals surface area contributed by atoms with Gasteiger partial charge in [-0.1, -0.05) is 35.9 Å². The molecule has 2 aromatic carbocycles. The number of nitrogens with zero attached hydrogens (tertiary/aromatic N) is 1. The lowest BCUT2D eigenvalue weighted by Gasteiger charge is -2.33. The summed E-state index contributed by atoms with van der Waals surface area (Å²) in [6.07, 6.45) is -0.493. The van der Waals surface area contributed by atoms with Crippen LogP contribution in [-0.4, -0.2) is 41.5 Å². The molecule has 0 saturated heterocycles. The van der Waals surface area contributed by atoms with Crippen LogP contribution in [0.3, 0.4) is 0 Å². The van der Waals surface area contributed by atoms with Gasteiger partial charge in [0.1, 0.15) is 17.2 Å². The Balaban J connectivity index is 2.31. The van der Waals surface area contributed by atoms with Gasteiger partial charge in [0, 0.05) is 6.54 Å². The number of halogens is 2. The van der Waals surface area contributed by atoms with Crippen molar-refractivity contribution in [3.8, 4) is 5.75 Å². The van der Waals surface area contributed by atoms with Crippen molar-refractivity contribution in [1.82, 2.24) is 4.90 Å². The van der Waals surface area contributed by atoms with E-state index in [1.165, 1.54) is 11.0 Å². The molecule has 0 aliphatic heterocycles. The molecule has 0 bridgehead atoms. The normalized spacial score (nSPS) is 12.4. The molecule has 0 aromatic heterocycles. The number of carbonyl (C=O) groups is 1. The van der Waals surface area contributed by atoms with E-state index in [1.807, 2.05) is 12.1 Å². The second-order valence-electron chi connectivity index (χ2n) is 7.71. The summed E-state index contributed by atoms with van der Waals surface area (Å²) in [5.41, 5.74) is 0.429. The molecule has 1 N–H and O–H groups in total. The van der Waals surface area contributed by atoms with Gasteiger partial charge in [-0.2, -0.15) is 0 Å². The van der Waals surface area contributed by atoms with Gasteiger partial charge >= 0.3 is 6.09 Å². The summed E-state index contributed by atoms with van der Waals surface area (Å²) in [7, 11) is 1.57. The van der Waals surface area contributed by atoms with E-state index < -0.39 is 23.6 Å². The third-order valence-electron chi connectivity index (χ3n) is 4.28. The summed E-state index contributed by atoms with van der Waals surface area (Å²) < 4.78 is 25.1. The third kappa shape index (κ3) is 6.61. The van der Waals surface area contributed by atoms with Gasteiger partial charge in [-0.15, -0.1) is 0 Å². The zero-order chi connectivity index (χ0) is 21.6. The highest BCUT2D eigenvalue weighted by molar-refractivity contribution is 6.30. The number of methoxy groups -OCH3 is 1. The Hall–Kier alpha value is -2.31. The SMILES string of the molecule is COc1ccc(CN(C(=O)OC(C)(C)C)C(CO)Cc2cccc(Cl)c2F)cc1. The van der Waals surface area contributed by atoms with Crippen LogP contribution in [0.2, 0.25) is 5.02 Å². The zero-order valence-corrected chi connectivity index (χ0v) is 17.9. The molecule has 0 aliphatic carbocycles. The number of aliphatic hydroxyl groups excluding tert-OH is 1. The fraction of sp³-hybridized carbons (Fsp3) is 0.409. The summed E-state index contributed by atoms with van der Waals surface area (Å²) in [6, 6.07) is 11.2. The molecule has 0 spiro atoms. The van der Waals surface area contributed by atoms with Gasteiger partial charge in [0.25, 0.3) is 0 Å². The Morgan fingerprint density at radius 2 is 1.86 bits per heavy atom. The summed E-state index contributed by atoms with van der Waals surface area (Å²) in [5.74, 6) is 0.137. The molecule has 7 heteroatoms. The number of ether oxygens (including phenoxy) is 2. The molecule has 1 amide bonds. The Morgan fingerprint density at radius 1 is 1.21 bits per heavy atom. The molecule has 2 rings (SSSR count). The van der Waals surface area contributed by atoms with Gasteiger partial charge in [0.2, 0.25) is 0 Å². The van der Waals surface area contributed by atoms with Crippen LogP contribution in [0.15, 0.2) is 42.5 Å². The van der Waals surface area contributed by atoms with Crippen molar-refractivity contribution in [2.75, 3.05) is 13.7 Å². The Kier molecular flexibility index (Phi) is 7.88. The predicted molar refractivity (Wildman–Crippen MR) is 111 cm³/mol. The lowest BCUT2D eigenvalue weighted by Crippen LogP contribution is -2.45. The van der Waals surface area contributed by atoms with E-state index in [9.17, 15) is 14.3 Å². The van der Waals surface area contributed by atoms with Crippen molar-refractivity contribution in [1.29, 1.82) is 0 Å². The maximum atomic E-state index is 14.4. The Labute approximate surface area is 176 Å². The molecule has 2 aromatic rings. The molecule has 0 saturated carbocycles. The van der Waals surface area contributed by atoms with Crippen molar-refractivity contribution in [2.45, 2.75) is 45.4 Å². The highest BCUT2D eigenvalue weighted by atomic mass is 35.5. The summed E-state index contributed by atoms with van der Waals surface area (Å²) in [6.45, 7) is 5.12. The molecule has 0 fully saturated rings. The average Bonchev–Trinajstić information content (AvgIpc) is 2.66. The molecule has 1 atom stereocenters. The average molecular weight is 424 g/mol. The summed E-state index contributed by atoms with van der Waals surface area (Å²) >= 11 is 5.87. The molecule has 1 unspecified atom stereocenters. The van der Waals surface area contributed by atoms with Gasteiger partial charge in [-0.25, -0.2) is 9.18 Å². The van der Waals surface area contributed by atoms with Crippen molar-refractivity contribution < 1.29 is 23.8 Å². The van der Waals surface area contributed by atoms with Gasteiger partial charge in [0.15, 0.2) is 0 Å². The molecular formula is C22H27ClFNO4. The van der Waals surface area contributed by atoms with Crippen LogP contribution in [0.4, 0.5) is 9.18 Å². The van der Waals surface area contributed by atoms with Crippen LogP contribution >= 0.6 is 11.6 Å². The lowest BCUT2D eigenvalue weighted by molar-refractivity contribution is 0.00686. The first-order valence-corrected chi connectivity index (χ1v) is 9.68. The van der Waals surface area contributed by atoms with Gasteiger partial charge in [-0.05, 0) is 56.5 Å². The van der Waals surface area contributed by atoms with Crippen molar-refractivity contribution in [2.24, 2.45) is 0 Å². The van der Waals surface area contributed by atoms with E-state index in [0.717, 1.165) is 5.56 Å². The van der Waals surface area contributed by atoms with Gasteiger partial charge < -0.3 is 14.6 Å². The van der Waals surface area contributed by atoms with E-state index in [-0.39, 0.29) is 24.6 Å². The fourth-order valence-corrected chi connectivity index (χ4v) is 3.02. The number of rotatable bonds is 7. The lowest BCUT2D eigenvalue weighted by atomic mass is 10.0. The van der Waals surface area contributed by atoms with E-state index in [1.54, 1.807) is 52.1 Å². The first-order valence-electron chi connectivity index (χ1n) is 9.31. The first kappa shape index (κ1) is 23.0. The minimum Gasteiger partial charge on any atom is -0.497 e. The number of hydrogen-bond acceptors (Lipinski definition) is 4. The topological polar surface area (TPSA) is 59.0 Å². The number of aliphatic hydroxyl groups is 1. The molecule has 158 valence electrons. The van der Waals surface area contributed by atoms with E-state index in [2.05, 4.69) is 0 Å². The summed E-state index contributed by atoms with van der Waals surface area (Å²) in [4.78, 5) is 14.3. The van der Waals surface area contributed by atoms with Crippen molar-refractivity contribution >= 4 is 17.7 Å². The molecule has 5 nitrogen and oxygen atoms in total. The molecule has 29 heavy (non-hydrogen) atoms. The fourth-order valence-electron chi connectivity index (χ4n) is 2.82. The van der Waals surface area contributed by atoms with Crippen LogP contribution in [0.5, 0.6) is 5.75 Å². The molecule has 0 heterocycles.